The normalized spacial score (nSPS) is 18.5. The third-order valence-corrected chi connectivity index (χ3v) is 6.93. The first-order valence-electron chi connectivity index (χ1n) is 5.49. The molecule has 0 spiro atoms. The molecule has 100 valence electrons. The van der Waals surface area contributed by atoms with Gasteiger partial charge in [-0.15, -0.1) is 0 Å². The van der Waals surface area contributed by atoms with Crippen molar-refractivity contribution in [3.05, 3.63) is 24.5 Å². The summed E-state index contributed by atoms with van der Waals surface area (Å²) in [5, 5.41) is -0.575. The summed E-state index contributed by atoms with van der Waals surface area (Å²) < 4.78 is 48.4. The van der Waals surface area contributed by atoms with Crippen LogP contribution in [0.15, 0.2) is 29.4 Å². The Morgan fingerprint density at radius 1 is 1.33 bits per heavy atom. The zero-order chi connectivity index (χ0) is 13.4. The summed E-state index contributed by atoms with van der Waals surface area (Å²) in [6, 6.07) is 2.98. The molecule has 18 heavy (non-hydrogen) atoms. The zero-order valence-electron chi connectivity index (χ0n) is 9.85. The summed E-state index contributed by atoms with van der Waals surface area (Å²) in [5.41, 5.74) is 0. The summed E-state index contributed by atoms with van der Waals surface area (Å²) in [7, 11) is -6.76. The molecule has 1 aromatic rings. The Morgan fingerprint density at radius 2 is 2.00 bits per heavy atom. The molecule has 1 fully saturated rings. The van der Waals surface area contributed by atoms with Crippen LogP contribution in [0.1, 0.15) is 6.92 Å². The van der Waals surface area contributed by atoms with Crippen molar-refractivity contribution < 1.29 is 16.8 Å². The molecule has 0 bridgehead atoms. The van der Waals surface area contributed by atoms with Crippen LogP contribution in [0, 0.1) is 0 Å². The highest BCUT2D eigenvalue weighted by molar-refractivity contribution is 7.92. The number of hydrogen-bond acceptors (Lipinski definition) is 5. The fourth-order valence-electron chi connectivity index (χ4n) is 1.71. The third kappa shape index (κ3) is 2.27. The lowest BCUT2D eigenvalue weighted by Crippen LogP contribution is -2.57. The van der Waals surface area contributed by atoms with Crippen LogP contribution in [0.5, 0.6) is 0 Å². The second-order valence-electron chi connectivity index (χ2n) is 4.08. The Hall–Kier alpha value is -0.990. The van der Waals surface area contributed by atoms with Crippen LogP contribution in [-0.4, -0.2) is 50.2 Å². The van der Waals surface area contributed by atoms with Crippen molar-refractivity contribution in [3.8, 4) is 0 Å². The Labute approximate surface area is 107 Å². The Morgan fingerprint density at radius 3 is 2.50 bits per heavy atom. The molecule has 0 atom stereocenters. The van der Waals surface area contributed by atoms with Crippen LogP contribution in [0.25, 0.3) is 0 Å². The van der Waals surface area contributed by atoms with Crippen molar-refractivity contribution >= 4 is 19.9 Å². The molecular weight excluding hydrogens is 276 g/mol. The van der Waals surface area contributed by atoms with Gasteiger partial charge in [0.1, 0.15) is 4.90 Å². The predicted octanol–water partition coefficient (Wildman–Crippen LogP) is -0.111. The SMILES string of the molecule is CCS(=O)(=O)C1CN(S(=O)(=O)c2cccnc2)C1. The van der Waals surface area contributed by atoms with Gasteiger partial charge in [-0.25, -0.2) is 16.8 Å². The Kier molecular flexibility index (Phi) is 3.43. The van der Waals surface area contributed by atoms with Crippen LogP contribution in [0.4, 0.5) is 0 Å². The highest BCUT2D eigenvalue weighted by Crippen LogP contribution is 2.24. The number of aromatic nitrogens is 1. The second-order valence-corrected chi connectivity index (χ2v) is 8.59. The smallest absolute Gasteiger partial charge is 0.244 e. The van der Waals surface area contributed by atoms with Gasteiger partial charge in [-0.3, -0.25) is 4.98 Å². The lowest BCUT2D eigenvalue weighted by molar-refractivity contribution is 0.310. The van der Waals surface area contributed by atoms with Gasteiger partial charge >= 0.3 is 0 Å². The van der Waals surface area contributed by atoms with Crippen molar-refractivity contribution in [3.63, 3.8) is 0 Å². The van der Waals surface area contributed by atoms with Gasteiger partial charge in [-0.2, -0.15) is 4.31 Å². The van der Waals surface area contributed by atoms with Crippen molar-refractivity contribution in [2.45, 2.75) is 17.1 Å². The first-order valence-corrected chi connectivity index (χ1v) is 8.65. The maximum atomic E-state index is 12.1. The van der Waals surface area contributed by atoms with Gasteiger partial charge in [0.15, 0.2) is 9.84 Å². The van der Waals surface area contributed by atoms with E-state index in [-0.39, 0.29) is 23.7 Å². The van der Waals surface area contributed by atoms with E-state index in [1.54, 1.807) is 6.92 Å². The topological polar surface area (TPSA) is 84.4 Å². The molecule has 0 unspecified atom stereocenters. The molecule has 0 saturated carbocycles. The molecular formula is C10H14N2O4S2. The Balaban J connectivity index is 2.14. The molecule has 1 aromatic heterocycles. The van der Waals surface area contributed by atoms with Gasteiger partial charge in [0, 0.05) is 31.2 Å². The predicted molar refractivity (Wildman–Crippen MR) is 66.2 cm³/mol. The quantitative estimate of drug-likeness (QED) is 0.772. The standard InChI is InChI=1S/C10H14N2O4S2/c1-2-17(13,14)10-7-12(8-10)18(15,16)9-4-3-5-11-6-9/h3-6,10H,2,7-8H2,1H3. The fraction of sp³-hybridized carbons (Fsp3) is 0.500. The van der Waals surface area contributed by atoms with E-state index < -0.39 is 25.1 Å². The summed E-state index contributed by atoms with van der Waals surface area (Å²) in [4.78, 5) is 3.85. The lowest BCUT2D eigenvalue weighted by Gasteiger charge is -2.37. The number of rotatable bonds is 4. The third-order valence-electron chi connectivity index (χ3n) is 3.00. The van der Waals surface area contributed by atoms with Crippen molar-refractivity contribution in [2.24, 2.45) is 0 Å². The number of pyridine rings is 1. The summed E-state index contributed by atoms with van der Waals surface area (Å²) in [6.45, 7) is 1.63. The van der Waals surface area contributed by atoms with E-state index in [4.69, 9.17) is 0 Å². The van der Waals surface area contributed by atoms with Crippen LogP contribution in [0.2, 0.25) is 0 Å². The monoisotopic (exact) mass is 290 g/mol. The molecule has 2 heterocycles. The summed E-state index contributed by atoms with van der Waals surface area (Å²) in [5.74, 6) is 0.0401. The highest BCUT2D eigenvalue weighted by Gasteiger charge is 2.42. The molecule has 6 nitrogen and oxygen atoms in total. The number of hydrogen-bond donors (Lipinski definition) is 0. The van der Waals surface area contributed by atoms with Crippen LogP contribution >= 0.6 is 0 Å². The average Bonchev–Trinajstić information content (AvgIpc) is 2.27. The molecule has 1 aliphatic heterocycles. The van der Waals surface area contributed by atoms with Gasteiger partial charge in [0.05, 0.1) is 5.25 Å². The van der Waals surface area contributed by atoms with E-state index >= 15 is 0 Å². The molecule has 8 heteroatoms. The largest absolute Gasteiger partial charge is 0.263 e. The minimum atomic E-state index is -3.60. The van der Waals surface area contributed by atoms with Gasteiger partial charge in [0.25, 0.3) is 0 Å². The maximum Gasteiger partial charge on any atom is 0.244 e. The van der Waals surface area contributed by atoms with Gasteiger partial charge in [-0.05, 0) is 12.1 Å². The molecule has 0 aliphatic carbocycles. The van der Waals surface area contributed by atoms with E-state index in [9.17, 15) is 16.8 Å². The minimum absolute atomic E-state index is 0.0351. The van der Waals surface area contributed by atoms with E-state index in [1.165, 1.54) is 28.8 Å². The van der Waals surface area contributed by atoms with Gasteiger partial charge < -0.3 is 0 Å². The van der Waals surface area contributed by atoms with Gasteiger partial charge in [0.2, 0.25) is 10.0 Å². The van der Waals surface area contributed by atoms with E-state index in [0.29, 0.717) is 0 Å². The minimum Gasteiger partial charge on any atom is -0.263 e. The second kappa shape index (κ2) is 4.60. The average molecular weight is 290 g/mol. The number of sulfonamides is 1. The summed E-state index contributed by atoms with van der Waals surface area (Å²) in [6.07, 6.45) is 2.75. The van der Waals surface area contributed by atoms with Crippen LogP contribution in [-0.2, 0) is 19.9 Å². The maximum absolute atomic E-state index is 12.1. The summed E-state index contributed by atoms with van der Waals surface area (Å²) >= 11 is 0. The molecule has 0 N–H and O–H groups in total. The number of nitrogens with zero attached hydrogens (tertiary/aromatic N) is 2. The molecule has 0 aromatic carbocycles. The molecule has 1 aliphatic rings. The molecule has 2 rings (SSSR count). The molecule has 1 saturated heterocycles. The van der Waals surface area contributed by atoms with E-state index in [2.05, 4.69) is 4.98 Å². The zero-order valence-corrected chi connectivity index (χ0v) is 11.5. The van der Waals surface area contributed by atoms with E-state index in [0.717, 1.165) is 0 Å². The van der Waals surface area contributed by atoms with Gasteiger partial charge in [-0.1, -0.05) is 6.92 Å². The highest BCUT2D eigenvalue weighted by atomic mass is 32.2. The number of sulfone groups is 1. The Bertz CT molecular complexity index is 619. The fourth-order valence-corrected chi connectivity index (χ4v) is 4.68. The first kappa shape index (κ1) is 13.4. The molecule has 0 radical (unpaired) electrons. The first-order chi connectivity index (χ1) is 8.38. The van der Waals surface area contributed by atoms with Crippen molar-refractivity contribution in [1.82, 2.24) is 9.29 Å². The van der Waals surface area contributed by atoms with Crippen LogP contribution in [0.3, 0.4) is 0 Å². The lowest BCUT2D eigenvalue weighted by atomic mass is 10.3. The van der Waals surface area contributed by atoms with E-state index in [1.807, 2.05) is 0 Å². The van der Waals surface area contributed by atoms with Crippen molar-refractivity contribution in [1.29, 1.82) is 0 Å². The van der Waals surface area contributed by atoms with Crippen LogP contribution < -0.4 is 0 Å². The molecule has 0 amide bonds. The van der Waals surface area contributed by atoms with Crippen molar-refractivity contribution in [2.75, 3.05) is 18.8 Å².